The fourth-order valence-corrected chi connectivity index (χ4v) is 1.93. The van der Waals surface area contributed by atoms with Crippen LogP contribution in [0, 0.1) is 0 Å². The van der Waals surface area contributed by atoms with Gasteiger partial charge in [0.15, 0.2) is 5.65 Å². The topological polar surface area (TPSA) is 76.8 Å². The van der Waals surface area contributed by atoms with Crippen molar-refractivity contribution in [3.8, 4) is 17.3 Å². The van der Waals surface area contributed by atoms with Gasteiger partial charge >= 0.3 is 0 Å². The van der Waals surface area contributed by atoms with Gasteiger partial charge in [-0.1, -0.05) is 12.1 Å². The molecule has 19 heavy (non-hydrogen) atoms. The molecule has 0 aliphatic carbocycles. The van der Waals surface area contributed by atoms with Crippen LogP contribution in [0.4, 0.5) is 5.69 Å². The Labute approximate surface area is 110 Å². The van der Waals surface area contributed by atoms with E-state index in [2.05, 4.69) is 15.0 Å². The van der Waals surface area contributed by atoms with Crippen LogP contribution in [0.3, 0.4) is 0 Å². The molecule has 0 aliphatic heterocycles. The number of aromatic nitrogens is 3. The van der Waals surface area contributed by atoms with Crippen molar-refractivity contribution in [3.05, 3.63) is 36.4 Å². The minimum Gasteiger partial charge on any atom is -0.478 e. The second-order valence-corrected chi connectivity index (χ2v) is 4.16. The van der Waals surface area contributed by atoms with E-state index in [1.807, 2.05) is 43.3 Å². The van der Waals surface area contributed by atoms with Crippen LogP contribution in [-0.2, 0) is 0 Å². The molecule has 0 spiro atoms. The van der Waals surface area contributed by atoms with Crippen molar-refractivity contribution >= 4 is 16.9 Å². The summed E-state index contributed by atoms with van der Waals surface area (Å²) in [6, 6.07) is 11.3. The number of pyridine rings is 1. The number of rotatable bonds is 3. The third-order valence-electron chi connectivity index (χ3n) is 2.77. The number of aromatic amines is 1. The molecule has 3 N–H and O–H groups in total. The van der Waals surface area contributed by atoms with E-state index in [0.717, 1.165) is 16.9 Å². The number of nitrogens with one attached hydrogen (secondary N) is 1. The molecule has 3 aromatic rings. The third-order valence-corrected chi connectivity index (χ3v) is 2.77. The van der Waals surface area contributed by atoms with Crippen molar-refractivity contribution in [2.24, 2.45) is 0 Å². The maximum Gasteiger partial charge on any atom is 0.215 e. The minimum absolute atomic E-state index is 0.584. The van der Waals surface area contributed by atoms with Crippen LogP contribution < -0.4 is 10.5 Å². The molecular formula is C14H14N4O. The van der Waals surface area contributed by atoms with Gasteiger partial charge in [-0.25, -0.2) is 4.98 Å². The van der Waals surface area contributed by atoms with Gasteiger partial charge in [-0.15, -0.1) is 0 Å². The van der Waals surface area contributed by atoms with Crippen LogP contribution >= 0.6 is 0 Å². The quantitative estimate of drug-likeness (QED) is 0.704. The SMILES string of the molecule is CCOc1ccc2[nH]c(-c3cccc(N)c3)nc2n1. The number of nitrogens with zero attached hydrogens (tertiary/aromatic N) is 2. The van der Waals surface area contributed by atoms with E-state index in [1.54, 1.807) is 0 Å². The number of nitrogen functional groups attached to an aromatic ring is 1. The number of H-pyrrole nitrogens is 1. The van der Waals surface area contributed by atoms with E-state index < -0.39 is 0 Å². The summed E-state index contributed by atoms with van der Waals surface area (Å²) >= 11 is 0. The van der Waals surface area contributed by atoms with Crippen molar-refractivity contribution in [3.63, 3.8) is 0 Å². The number of nitrogens with two attached hydrogens (primary N) is 1. The average Bonchev–Trinajstić information content (AvgIpc) is 2.82. The molecule has 0 aliphatic rings. The zero-order valence-corrected chi connectivity index (χ0v) is 10.6. The van der Waals surface area contributed by atoms with Gasteiger partial charge in [-0.3, -0.25) is 0 Å². The lowest BCUT2D eigenvalue weighted by Gasteiger charge is -1.99. The lowest BCUT2D eigenvalue weighted by molar-refractivity contribution is 0.328. The molecule has 0 saturated carbocycles. The molecule has 96 valence electrons. The van der Waals surface area contributed by atoms with E-state index in [4.69, 9.17) is 10.5 Å². The molecule has 0 fully saturated rings. The number of benzene rings is 1. The highest BCUT2D eigenvalue weighted by Crippen LogP contribution is 2.22. The standard InChI is InChI=1S/C14H14N4O/c1-2-19-12-7-6-11-14(17-12)18-13(16-11)9-4-3-5-10(15)8-9/h3-8H,2,15H2,1H3,(H,16,17,18). The van der Waals surface area contributed by atoms with Gasteiger partial charge in [0.1, 0.15) is 5.82 Å². The number of ether oxygens (including phenoxy) is 1. The first-order valence-electron chi connectivity index (χ1n) is 6.12. The summed E-state index contributed by atoms with van der Waals surface area (Å²) in [4.78, 5) is 12.0. The Morgan fingerprint density at radius 3 is 2.89 bits per heavy atom. The van der Waals surface area contributed by atoms with Crippen molar-refractivity contribution in [2.75, 3.05) is 12.3 Å². The Morgan fingerprint density at radius 2 is 2.11 bits per heavy atom. The van der Waals surface area contributed by atoms with Gasteiger partial charge in [0.2, 0.25) is 5.88 Å². The van der Waals surface area contributed by atoms with E-state index >= 15 is 0 Å². The van der Waals surface area contributed by atoms with Crippen molar-refractivity contribution < 1.29 is 4.74 Å². The summed E-state index contributed by atoms with van der Waals surface area (Å²) in [5.41, 5.74) is 8.94. The third kappa shape index (κ3) is 2.22. The lowest BCUT2D eigenvalue weighted by atomic mass is 10.2. The molecule has 3 rings (SSSR count). The van der Waals surface area contributed by atoms with Gasteiger partial charge in [0, 0.05) is 17.3 Å². The van der Waals surface area contributed by atoms with Gasteiger partial charge in [-0.05, 0) is 25.1 Å². The molecule has 5 heteroatoms. The molecule has 0 saturated heterocycles. The highest BCUT2D eigenvalue weighted by Gasteiger charge is 2.07. The zero-order chi connectivity index (χ0) is 13.2. The fourth-order valence-electron chi connectivity index (χ4n) is 1.93. The molecule has 0 unspecified atom stereocenters. The Kier molecular flexibility index (Phi) is 2.79. The first-order chi connectivity index (χ1) is 9.26. The summed E-state index contributed by atoms with van der Waals surface area (Å²) in [5.74, 6) is 1.34. The molecule has 0 amide bonds. The summed E-state index contributed by atoms with van der Waals surface area (Å²) in [7, 11) is 0. The average molecular weight is 254 g/mol. The first-order valence-corrected chi connectivity index (χ1v) is 6.12. The monoisotopic (exact) mass is 254 g/mol. The predicted octanol–water partition coefficient (Wildman–Crippen LogP) is 2.61. The molecular weight excluding hydrogens is 240 g/mol. The van der Waals surface area contributed by atoms with Crippen LogP contribution in [0.1, 0.15) is 6.92 Å². The van der Waals surface area contributed by atoms with E-state index in [-0.39, 0.29) is 0 Å². The van der Waals surface area contributed by atoms with Crippen LogP contribution in [0.2, 0.25) is 0 Å². The summed E-state index contributed by atoms with van der Waals surface area (Å²) < 4.78 is 5.36. The van der Waals surface area contributed by atoms with Crippen molar-refractivity contribution in [2.45, 2.75) is 6.92 Å². The Morgan fingerprint density at radius 1 is 1.21 bits per heavy atom. The fraction of sp³-hybridized carbons (Fsp3) is 0.143. The van der Waals surface area contributed by atoms with E-state index in [0.29, 0.717) is 23.8 Å². The summed E-state index contributed by atoms with van der Waals surface area (Å²) in [6.45, 7) is 2.51. The maximum absolute atomic E-state index is 5.78. The largest absolute Gasteiger partial charge is 0.478 e. The molecule has 2 aromatic heterocycles. The van der Waals surface area contributed by atoms with Crippen LogP contribution in [0.15, 0.2) is 36.4 Å². The van der Waals surface area contributed by atoms with Crippen molar-refractivity contribution in [1.29, 1.82) is 0 Å². The minimum atomic E-state index is 0.584. The van der Waals surface area contributed by atoms with E-state index in [9.17, 15) is 0 Å². The zero-order valence-electron chi connectivity index (χ0n) is 10.6. The smallest absolute Gasteiger partial charge is 0.215 e. The highest BCUT2D eigenvalue weighted by atomic mass is 16.5. The molecule has 0 bridgehead atoms. The number of anilines is 1. The molecule has 1 aromatic carbocycles. The van der Waals surface area contributed by atoms with Gasteiger partial charge in [0.05, 0.1) is 12.1 Å². The second kappa shape index (κ2) is 4.61. The normalized spacial score (nSPS) is 10.8. The lowest BCUT2D eigenvalue weighted by Crippen LogP contribution is -1.93. The summed E-state index contributed by atoms with van der Waals surface area (Å²) in [6.07, 6.45) is 0. The first kappa shape index (κ1) is 11.5. The van der Waals surface area contributed by atoms with Gasteiger partial charge < -0.3 is 15.5 Å². The molecule has 0 atom stereocenters. The number of hydrogen-bond acceptors (Lipinski definition) is 4. The predicted molar refractivity (Wildman–Crippen MR) is 74.9 cm³/mol. The van der Waals surface area contributed by atoms with Crippen LogP contribution in [0.25, 0.3) is 22.6 Å². The second-order valence-electron chi connectivity index (χ2n) is 4.16. The summed E-state index contributed by atoms with van der Waals surface area (Å²) in [5, 5.41) is 0. The van der Waals surface area contributed by atoms with Gasteiger partial charge in [-0.2, -0.15) is 4.98 Å². The van der Waals surface area contributed by atoms with Crippen LogP contribution in [-0.4, -0.2) is 21.6 Å². The molecule has 0 radical (unpaired) electrons. The molecule has 2 heterocycles. The number of hydrogen-bond donors (Lipinski definition) is 2. The van der Waals surface area contributed by atoms with E-state index in [1.165, 1.54) is 0 Å². The highest BCUT2D eigenvalue weighted by molar-refractivity contribution is 5.77. The number of fused-ring (bicyclic) bond motifs is 1. The van der Waals surface area contributed by atoms with Crippen LogP contribution in [0.5, 0.6) is 5.88 Å². The van der Waals surface area contributed by atoms with Gasteiger partial charge in [0.25, 0.3) is 0 Å². The molecule has 5 nitrogen and oxygen atoms in total. The Balaban J connectivity index is 2.06. The Bertz CT molecular complexity index is 720. The number of imidazole rings is 1. The van der Waals surface area contributed by atoms with Crippen molar-refractivity contribution in [1.82, 2.24) is 15.0 Å². The maximum atomic E-state index is 5.78. The Hall–Kier alpha value is -2.56.